The molecular weight excluding hydrogens is 78.0 g/mol. The first-order valence-corrected chi connectivity index (χ1v) is 2.18. The van der Waals surface area contributed by atoms with E-state index in [9.17, 15) is 0 Å². The van der Waals surface area contributed by atoms with Gasteiger partial charge in [-0.25, -0.2) is 0 Å². The van der Waals surface area contributed by atoms with Crippen molar-refractivity contribution in [3.05, 3.63) is 0 Å². The number of rotatable bonds is 0. The quantitative estimate of drug-likeness (QED) is 0.441. The second-order valence-corrected chi connectivity index (χ2v) is 1.70. The van der Waals surface area contributed by atoms with E-state index in [0.29, 0.717) is 12.1 Å². The molecule has 1 rings (SSSR count). The van der Waals surface area contributed by atoms with Crippen LogP contribution in [0.25, 0.3) is 0 Å². The van der Waals surface area contributed by atoms with Gasteiger partial charge in [-0.1, -0.05) is 0 Å². The Morgan fingerprint density at radius 1 is 1.83 bits per heavy atom. The van der Waals surface area contributed by atoms with E-state index in [1.807, 2.05) is 6.92 Å². The van der Waals surface area contributed by atoms with Gasteiger partial charge >= 0.3 is 0 Å². The van der Waals surface area contributed by atoms with Crippen LogP contribution in [0.4, 0.5) is 0 Å². The smallest absolute Gasteiger partial charge is 0.0721 e. The summed E-state index contributed by atoms with van der Waals surface area (Å²) in [4.78, 5) is 0. The summed E-state index contributed by atoms with van der Waals surface area (Å²) in [5, 5.41) is 0. The molecule has 0 amide bonds. The van der Waals surface area contributed by atoms with Gasteiger partial charge < -0.3 is 10.5 Å². The van der Waals surface area contributed by atoms with E-state index in [2.05, 4.69) is 0 Å². The molecular formula is C4H9NO. The Hall–Kier alpha value is -0.0800. The zero-order valence-electron chi connectivity index (χ0n) is 3.85. The fraction of sp³-hybridized carbons (Fsp3) is 1.00. The van der Waals surface area contributed by atoms with Crippen LogP contribution >= 0.6 is 0 Å². The Balaban J connectivity index is 2.20. The van der Waals surface area contributed by atoms with Crippen molar-refractivity contribution in [2.75, 3.05) is 6.61 Å². The van der Waals surface area contributed by atoms with Crippen LogP contribution in [-0.2, 0) is 4.74 Å². The molecule has 2 nitrogen and oxygen atoms in total. The largest absolute Gasteiger partial charge is 0.375 e. The molecule has 2 atom stereocenters. The number of hydrogen-bond acceptors (Lipinski definition) is 2. The van der Waals surface area contributed by atoms with Crippen LogP contribution in [-0.4, -0.2) is 18.8 Å². The van der Waals surface area contributed by atoms with Crippen molar-refractivity contribution in [2.45, 2.75) is 19.1 Å². The lowest BCUT2D eigenvalue weighted by molar-refractivity contribution is -0.0601. The molecule has 0 radical (unpaired) electrons. The molecule has 1 aliphatic rings. The maximum Gasteiger partial charge on any atom is 0.0721 e. The highest BCUT2D eigenvalue weighted by molar-refractivity contribution is 4.76. The summed E-state index contributed by atoms with van der Waals surface area (Å²) in [6.45, 7) is 2.73. The van der Waals surface area contributed by atoms with E-state index >= 15 is 0 Å². The van der Waals surface area contributed by atoms with Crippen LogP contribution in [0.5, 0.6) is 0 Å². The first kappa shape index (κ1) is 4.09. The monoisotopic (exact) mass is 87.1 g/mol. The summed E-state index contributed by atoms with van der Waals surface area (Å²) in [6.07, 6.45) is 0.310. The maximum absolute atomic E-state index is 5.40. The normalized spacial score (nSPS) is 45.0. The van der Waals surface area contributed by atoms with E-state index in [1.165, 1.54) is 0 Å². The Labute approximate surface area is 37.3 Å². The predicted octanol–water partition coefficient (Wildman–Crippen LogP) is -0.268. The van der Waals surface area contributed by atoms with Crippen molar-refractivity contribution in [2.24, 2.45) is 5.73 Å². The van der Waals surface area contributed by atoms with Crippen molar-refractivity contribution in [1.82, 2.24) is 0 Å². The minimum absolute atomic E-state index is 0.310. The van der Waals surface area contributed by atoms with Gasteiger partial charge in [0.1, 0.15) is 0 Å². The molecule has 1 fully saturated rings. The van der Waals surface area contributed by atoms with E-state index in [-0.39, 0.29) is 0 Å². The van der Waals surface area contributed by atoms with Crippen molar-refractivity contribution in [3.8, 4) is 0 Å². The summed E-state index contributed by atoms with van der Waals surface area (Å²) in [5.74, 6) is 0. The Morgan fingerprint density at radius 3 is 2.33 bits per heavy atom. The highest BCUT2D eigenvalue weighted by Crippen LogP contribution is 2.06. The van der Waals surface area contributed by atoms with Crippen molar-refractivity contribution >= 4 is 0 Å². The maximum atomic E-state index is 5.40. The van der Waals surface area contributed by atoms with Gasteiger partial charge in [0.05, 0.1) is 18.8 Å². The van der Waals surface area contributed by atoms with Crippen molar-refractivity contribution < 1.29 is 4.74 Å². The summed E-state index contributed by atoms with van der Waals surface area (Å²) in [6, 6.07) is 0.310. The topological polar surface area (TPSA) is 35.2 Å². The van der Waals surface area contributed by atoms with E-state index < -0.39 is 0 Å². The SMILES string of the molecule is C[C@H]1OC[C@@H]1N. The third-order valence-corrected chi connectivity index (χ3v) is 1.15. The standard InChI is InChI=1S/C4H9NO/c1-3-4(5)2-6-3/h3-4H,2,5H2,1H3/t3-,4+/m1/s1. The van der Waals surface area contributed by atoms with Crippen LogP contribution in [0.3, 0.4) is 0 Å². The van der Waals surface area contributed by atoms with Gasteiger partial charge in [0, 0.05) is 0 Å². The molecule has 0 aromatic heterocycles. The molecule has 0 aromatic rings. The molecule has 2 heteroatoms. The molecule has 0 unspecified atom stereocenters. The summed E-state index contributed by atoms with van der Waals surface area (Å²) >= 11 is 0. The minimum Gasteiger partial charge on any atom is -0.375 e. The molecule has 1 saturated heterocycles. The van der Waals surface area contributed by atoms with Crippen LogP contribution in [0.1, 0.15) is 6.92 Å². The molecule has 2 N–H and O–H groups in total. The zero-order valence-corrected chi connectivity index (χ0v) is 3.85. The molecule has 1 aliphatic heterocycles. The van der Waals surface area contributed by atoms with Crippen LogP contribution in [0.2, 0.25) is 0 Å². The Kier molecular flexibility index (Phi) is 0.821. The molecule has 6 heavy (non-hydrogen) atoms. The molecule has 36 valence electrons. The van der Waals surface area contributed by atoms with Crippen molar-refractivity contribution in [1.29, 1.82) is 0 Å². The van der Waals surface area contributed by atoms with Crippen LogP contribution < -0.4 is 5.73 Å². The van der Waals surface area contributed by atoms with Gasteiger partial charge in [-0.05, 0) is 6.92 Å². The first-order valence-electron chi connectivity index (χ1n) is 2.18. The van der Waals surface area contributed by atoms with Gasteiger partial charge in [-0.2, -0.15) is 0 Å². The molecule has 0 bridgehead atoms. The minimum atomic E-state index is 0.310. The lowest BCUT2D eigenvalue weighted by Crippen LogP contribution is -2.49. The first-order chi connectivity index (χ1) is 2.80. The summed E-state index contributed by atoms with van der Waals surface area (Å²) < 4.78 is 4.92. The molecule has 0 aromatic carbocycles. The summed E-state index contributed by atoms with van der Waals surface area (Å²) in [7, 11) is 0. The van der Waals surface area contributed by atoms with E-state index in [1.54, 1.807) is 0 Å². The molecule has 1 heterocycles. The number of hydrogen-bond donors (Lipinski definition) is 1. The van der Waals surface area contributed by atoms with E-state index in [0.717, 1.165) is 6.61 Å². The fourth-order valence-corrected chi connectivity index (χ4v) is 0.400. The van der Waals surface area contributed by atoms with Gasteiger partial charge in [-0.15, -0.1) is 0 Å². The van der Waals surface area contributed by atoms with Crippen LogP contribution in [0, 0.1) is 0 Å². The Morgan fingerprint density at radius 2 is 2.33 bits per heavy atom. The van der Waals surface area contributed by atoms with Gasteiger partial charge in [0.15, 0.2) is 0 Å². The average molecular weight is 87.1 g/mol. The Bertz CT molecular complexity index is 47.5. The average Bonchev–Trinajstić information content (AvgIpc) is 1.61. The third-order valence-electron chi connectivity index (χ3n) is 1.15. The molecule has 0 spiro atoms. The third kappa shape index (κ3) is 0.420. The molecule has 0 aliphatic carbocycles. The van der Waals surface area contributed by atoms with Gasteiger partial charge in [0.2, 0.25) is 0 Å². The van der Waals surface area contributed by atoms with Gasteiger partial charge in [0.25, 0.3) is 0 Å². The molecule has 0 saturated carbocycles. The number of ether oxygens (including phenoxy) is 1. The lowest BCUT2D eigenvalue weighted by Gasteiger charge is -2.30. The van der Waals surface area contributed by atoms with Crippen LogP contribution in [0.15, 0.2) is 0 Å². The van der Waals surface area contributed by atoms with E-state index in [4.69, 9.17) is 10.5 Å². The number of nitrogens with two attached hydrogens (primary N) is 1. The summed E-state index contributed by atoms with van der Waals surface area (Å²) in [5.41, 5.74) is 5.40. The highest BCUT2D eigenvalue weighted by Gasteiger charge is 2.22. The fourth-order valence-electron chi connectivity index (χ4n) is 0.400. The van der Waals surface area contributed by atoms with Crippen molar-refractivity contribution in [3.63, 3.8) is 0 Å². The lowest BCUT2D eigenvalue weighted by atomic mass is 10.1. The highest BCUT2D eigenvalue weighted by atomic mass is 16.5. The second-order valence-electron chi connectivity index (χ2n) is 1.70. The second kappa shape index (κ2) is 1.21. The van der Waals surface area contributed by atoms with Gasteiger partial charge in [-0.3, -0.25) is 0 Å². The zero-order chi connectivity index (χ0) is 4.57. The predicted molar refractivity (Wildman–Crippen MR) is 23.4 cm³/mol.